The number of anilines is 3. The minimum absolute atomic E-state index is 0.0821. The number of pyridine rings is 1. The van der Waals surface area contributed by atoms with Gasteiger partial charge in [0.2, 0.25) is 0 Å². The lowest BCUT2D eigenvalue weighted by Crippen LogP contribution is -2.47. The summed E-state index contributed by atoms with van der Waals surface area (Å²) in [6.07, 6.45) is 3.23. The molecule has 3 heterocycles. The summed E-state index contributed by atoms with van der Waals surface area (Å²) in [6, 6.07) is 5.24. The van der Waals surface area contributed by atoms with Crippen LogP contribution in [0.5, 0.6) is 0 Å². The van der Waals surface area contributed by atoms with Gasteiger partial charge in [-0.25, -0.2) is 0 Å². The first-order chi connectivity index (χ1) is 13.0. The standard InChI is InChI=1S/C18H21N7O2/c1-12-17(19)18(22(2)21-12)24-9-7-23(8-10-24)15-3-4-16(25(26)27)14-11-20-6-5-13(14)15/h3-6,11H,7-10,19H2,1-2H3. The molecule has 0 saturated carbocycles. The van der Waals surface area contributed by atoms with E-state index in [4.69, 9.17) is 5.73 Å². The number of nitrogens with two attached hydrogens (primary N) is 1. The maximum absolute atomic E-state index is 11.3. The van der Waals surface area contributed by atoms with Gasteiger partial charge in [-0.15, -0.1) is 0 Å². The molecule has 1 fully saturated rings. The molecule has 27 heavy (non-hydrogen) atoms. The quantitative estimate of drug-likeness (QED) is 0.558. The molecular weight excluding hydrogens is 346 g/mol. The zero-order valence-electron chi connectivity index (χ0n) is 15.3. The second kappa shape index (κ2) is 6.42. The lowest BCUT2D eigenvalue weighted by atomic mass is 10.1. The summed E-state index contributed by atoms with van der Waals surface area (Å²) in [5, 5.41) is 17.1. The first kappa shape index (κ1) is 17.1. The number of nitro groups is 1. The molecule has 9 heteroatoms. The number of nitro benzene ring substituents is 1. The smallest absolute Gasteiger partial charge is 0.278 e. The van der Waals surface area contributed by atoms with Crippen molar-refractivity contribution in [1.29, 1.82) is 0 Å². The maximum atomic E-state index is 11.3. The van der Waals surface area contributed by atoms with Crippen molar-refractivity contribution in [3.63, 3.8) is 0 Å². The van der Waals surface area contributed by atoms with Crippen LogP contribution in [-0.2, 0) is 7.05 Å². The van der Waals surface area contributed by atoms with Crippen LogP contribution >= 0.6 is 0 Å². The summed E-state index contributed by atoms with van der Waals surface area (Å²) in [7, 11) is 1.90. The Labute approximate surface area is 156 Å². The zero-order valence-corrected chi connectivity index (χ0v) is 15.3. The number of benzene rings is 1. The van der Waals surface area contributed by atoms with Gasteiger partial charge in [0.25, 0.3) is 5.69 Å². The van der Waals surface area contributed by atoms with Crippen LogP contribution in [0, 0.1) is 17.0 Å². The van der Waals surface area contributed by atoms with Crippen LogP contribution in [0.3, 0.4) is 0 Å². The first-order valence-electron chi connectivity index (χ1n) is 8.77. The van der Waals surface area contributed by atoms with E-state index in [0.29, 0.717) is 5.39 Å². The number of nitrogen functional groups attached to an aromatic ring is 1. The van der Waals surface area contributed by atoms with Crippen molar-refractivity contribution in [2.45, 2.75) is 6.92 Å². The highest BCUT2D eigenvalue weighted by Gasteiger charge is 2.25. The molecule has 1 aliphatic rings. The number of hydrogen-bond donors (Lipinski definition) is 1. The SMILES string of the molecule is Cc1nn(C)c(N2CCN(c3ccc([N+](=O)[O-])c4cnccc34)CC2)c1N. The van der Waals surface area contributed by atoms with Gasteiger partial charge in [0.05, 0.1) is 21.7 Å². The van der Waals surface area contributed by atoms with E-state index in [1.807, 2.05) is 30.8 Å². The fourth-order valence-electron chi connectivity index (χ4n) is 3.79. The van der Waals surface area contributed by atoms with Crippen molar-refractivity contribution in [1.82, 2.24) is 14.8 Å². The van der Waals surface area contributed by atoms with Gasteiger partial charge >= 0.3 is 0 Å². The van der Waals surface area contributed by atoms with Crippen molar-refractivity contribution < 1.29 is 4.92 Å². The molecule has 1 aromatic carbocycles. The van der Waals surface area contributed by atoms with Crippen molar-refractivity contribution in [2.75, 3.05) is 41.7 Å². The highest BCUT2D eigenvalue weighted by atomic mass is 16.6. The van der Waals surface area contributed by atoms with E-state index in [1.54, 1.807) is 18.5 Å². The fourth-order valence-corrected chi connectivity index (χ4v) is 3.79. The highest BCUT2D eigenvalue weighted by Crippen LogP contribution is 2.34. The predicted molar refractivity (Wildman–Crippen MR) is 105 cm³/mol. The summed E-state index contributed by atoms with van der Waals surface area (Å²) < 4.78 is 1.83. The molecular formula is C18H21N7O2. The number of piperazine rings is 1. The Morgan fingerprint density at radius 1 is 1.11 bits per heavy atom. The molecule has 4 rings (SSSR count). The molecule has 0 amide bonds. The summed E-state index contributed by atoms with van der Waals surface area (Å²) in [4.78, 5) is 19.5. The van der Waals surface area contributed by atoms with E-state index in [9.17, 15) is 10.1 Å². The Morgan fingerprint density at radius 3 is 2.44 bits per heavy atom. The lowest BCUT2D eigenvalue weighted by Gasteiger charge is -2.37. The zero-order chi connectivity index (χ0) is 19.1. The molecule has 3 aromatic rings. The molecule has 9 nitrogen and oxygen atoms in total. The van der Waals surface area contributed by atoms with Crippen LogP contribution in [0.2, 0.25) is 0 Å². The van der Waals surface area contributed by atoms with Gasteiger partial charge in [0.1, 0.15) is 0 Å². The Balaban J connectivity index is 1.62. The second-order valence-electron chi connectivity index (χ2n) is 6.70. The summed E-state index contributed by atoms with van der Waals surface area (Å²) >= 11 is 0. The Hall–Kier alpha value is -3.36. The molecule has 0 unspecified atom stereocenters. The third-order valence-electron chi connectivity index (χ3n) is 5.13. The van der Waals surface area contributed by atoms with E-state index < -0.39 is 0 Å². The topological polar surface area (TPSA) is 106 Å². The van der Waals surface area contributed by atoms with E-state index >= 15 is 0 Å². The third-order valence-corrected chi connectivity index (χ3v) is 5.13. The summed E-state index contributed by atoms with van der Waals surface area (Å²) in [5.74, 6) is 0.949. The van der Waals surface area contributed by atoms with Crippen molar-refractivity contribution in [3.8, 4) is 0 Å². The maximum Gasteiger partial charge on any atom is 0.278 e. The van der Waals surface area contributed by atoms with E-state index in [1.165, 1.54) is 0 Å². The largest absolute Gasteiger partial charge is 0.394 e. The number of rotatable bonds is 3. The Bertz CT molecular complexity index is 1020. The normalized spacial score (nSPS) is 14.7. The minimum atomic E-state index is -0.362. The van der Waals surface area contributed by atoms with Crippen LogP contribution in [0.25, 0.3) is 10.8 Å². The molecule has 2 N–H and O–H groups in total. The molecule has 0 spiro atoms. The molecule has 140 valence electrons. The van der Waals surface area contributed by atoms with E-state index in [0.717, 1.165) is 54.5 Å². The Morgan fingerprint density at radius 2 is 1.81 bits per heavy atom. The Kier molecular flexibility index (Phi) is 4.06. The highest BCUT2D eigenvalue weighted by molar-refractivity contribution is 5.99. The lowest BCUT2D eigenvalue weighted by molar-refractivity contribution is -0.383. The van der Waals surface area contributed by atoms with Crippen molar-refractivity contribution >= 4 is 33.7 Å². The van der Waals surface area contributed by atoms with Gasteiger partial charge in [-0.05, 0) is 19.1 Å². The summed E-state index contributed by atoms with van der Waals surface area (Å²) in [6.45, 7) is 5.09. The van der Waals surface area contributed by atoms with Crippen molar-refractivity contribution in [3.05, 3.63) is 46.4 Å². The van der Waals surface area contributed by atoms with E-state index in [2.05, 4.69) is 19.9 Å². The van der Waals surface area contributed by atoms with Gasteiger partial charge in [-0.3, -0.25) is 19.8 Å². The van der Waals surface area contributed by atoms with Gasteiger partial charge < -0.3 is 15.5 Å². The van der Waals surface area contributed by atoms with Gasteiger partial charge in [0.15, 0.2) is 5.82 Å². The van der Waals surface area contributed by atoms with E-state index in [-0.39, 0.29) is 10.6 Å². The molecule has 0 radical (unpaired) electrons. The third kappa shape index (κ3) is 2.80. The van der Waals surface area contributed by atoms with Crippen molar-refractivity contribution in [2.24, 2.45) is 7.05 Å². The monoisotopic (exact) mass is 367 g/mol. The molecule has 0 bridgehead atoms. The molecule has 2 aromatic heterocycles. The molecule has 0 atom stereocenters. The number of non-ortho nitro benzene ring substituents is 1. The minimum Gasteiger partial charge on any atom is -0.394 e. The number of hydrogen-bond acceptors (Lipinski definition) is 7. The second-order valence-corrected chi connectivity index (χ2v) is 6.70. The molecule has 1 aliphatic heterocycles. The summed E-state index contributed by atoms with van der Waals surface area (Å²) in [5.41, 5.74) is 8.82. The number of aryl methyl sites for hydroxylation is 2. The van der Waals surface area contributed by atoms with Crippen LogP contribution in [0.15, 0.2) is 30.6 Å². The van der Waals surface area contributed by atoms with Gasteiger partial charge in [-0.2, -0.15) is 5.10 Å². The van der Waals surface area contributed by atoms with Crippen LogP contribution in [-0.4, -0.2) is 45.9 Å². The number of aromatic nitrogens is 3. The van der Waals surface area contributed by atoms with Crippen LogP contribution in [0.1, 0.15) is 5.69 Å². The first-order valence-corrected chi connectivity index (χ1v) is 8.77. The number of nitrogens with zero attached hydrogens (tertiary/aromatic N) is 6. The molecule has 1 saturated heterocycles. The molecule has 0 aliphatic carbocycles. The number of fused-ring (bicyclic) bond motifs is 1. The van der Waals surface area contributed by atoms with Crippen LogP contribution < -0.4 is 15.5 Å². The average Bonchev–Trinajstić information content (AvgIpc) is 2.92. The van der Waals surface area contributed by atoms with Crippen LogP contribution in [0.4, 0.5) is 22.9 Å². The van der Waals surface area contributed by atoms with Gasteiger partial charge in [0, 0.05) is 62.8 Å². The predicted octanol–water partition coefficient (Wildman–Crippen LogP) is 2.09. The average molecular weight is 367 g/mol. The van der Waals surface area contributed by atoms with Gasteiger partial charge in [-0.1, -0.05) is 0 Å². The fraction of sp³-hybridized carbons (Fsp3) is 0.333.